The highest BCUT2D eigenvalue weighted by atomic mass is 32.1. The molecule has 0 spiro atoms. The summed E-state index contributed by atoms with van der Waals surface area (Å²) in [7, 11) is 0. The van der Waals surface area contributed by atoms with Gasteiger partial charge in [0.25, 0.3) is 0 Å². The van der Waals surface area contributed by atoms with Gasteiger partial charge in [-0.2, -0.15) is 5.10 Å². The van der Waals surface area contributed by atoms with E-state index in [-0.39, 0.29) is 0 Å². The first kappa shape index (κ1) is 15.4. The summed E-state index contributed by atoms with van der Waals surface area (Å²) in [6.45, 7) is 0.556. The zero-order valence-electron chi connectivity index (χ0n) is 13.3. The van der Waals surface area contributed by atoms with Crippen molar-refractivity contribution in [1.29, 1.82) is 0 Å². The Morgan fingerprint density at radius 1 is 1.04 bits per heavy atom. The van der Waals surface area contributed by atoms with Crippen LogP contribution in [-0.2, 0) is 6.61 Å². The Morgan fingerprint density at radius 2 is 1.84 bits per heavy atom. The molecule has 0 saturated carbocycles. The van der Waals surface area contributed by atoms with E-state index in [1.807, 2.05) is 60.0 Å². The van der Waals surface area contributed by atoms with Crippen LogP contribution in [0, 0.1) is 0 Å². The molecule has 2 aromatic carbocycles. The Morgan fingerprint density at radius 3 is 2.56 bits per heavy atom. The molecule has 0 unspecified atom stereocenters. The molecule has 0 atom stereocenters. The number of nitrogen functional groups attached to an aromatic ring is 1. The summed E-state index contributed by atoms with van der Waals surface area (Å²) in [6.07, 6.45) is 1.69. The van der Waals surface area contributed by atoms with Gasteiger partial charge < -0.3 is 10.5 Å². The van der Waals surface area contributed by atoms with Gasteiger partial charge in [-0.15, -0.1) is 11.3 Å². The van der Waals surface area contributed by atoms with E-state index in [4.69, 9.17) is 10.5 Å². The van der Waals surface area contributed by atoms with Crippen molar-refractivity contribution in [2.24, 2.45) is 0 Å². The summed E-state index contributed by atoms with van der Waals surface area (Å²) in [6, 6.07) is 18.1. The fourth-order valence-electron chi connectivity index (χ4n) is 2.46. The van der Waals surface area contributed by atoms with E-state index < -0.39 is 0 Å². The molecule has 124 valence electrons. The van der Waals surface area contributed by atoms with Gasteiger partial charge in [-0.05, 0) is 29.8 Å². The largest absolute Gasteiger partial charge is 0.489 e. The van der Waals surface area contributed by atoms with Crippen molar-refractivity contribution in [2.75, 3.05) is 5.73 Å². The maximum atomic E-state index is 5.85. The summed E-state index contributed by atoms with van der Waals surface area (Å²) >= 11 is 1.55. The van der Waals surface area contributed by atoms with Crippen molar-refractivity contribution in [2.45, 2.75) is 6.61 Å². The van der Waals surface area contributed by atoms with E-state index >= 15 is 0 Å². The van der Waals surface area contributed by atoms with Crippen LogP contribution in [-0.4, -0.2) is 15.2 Å². The van der Waals surface area contributed by atoms with Crippen LogP contribution < -0.4 is 10.5 Å². The molecular formula is C19H16N4OS. The number of hydrogen-bond donors (Lipinski definition) is 2. The Balaban J connectivity index is 1.47. The lowest BCUT2D eigenvalue weighted by molar-refractivity contribution is 0.306. The first-order valence-electron chi connectivity index (χ1n) is 7.81. The molecule has 2 heterocycles. The number of benzene rings is 2. The van der Waals surface area contributed by atoms with E-state index in [9.17, 15) is 0 Å². The minimum absolute atomic E-state index is 0.533. The molecule has 0 saturated heterocycles. The van der Waals surface area contributed by atoms with Crippen molar-refractivity contribution >= 4 is 17.2 Å². The standard InChI is InChI=1S/C19H16N4OS/c20-18-16(10-21-23-18)19-22-17(12-25-19)14-6-8-15(9-7-14)24-11-13-4-2-1-3-5-13/h1-10,12H,11H2,(H3,20,21,23). The number of aromatic amines is 1. The number of nitrogens with one attached hydrogen (secondary N) is 1. The van der Waals surface area contributed by atoms with Gasteiger partial charge in [0.15, 0.2) is 0 Å². The van der Waals surface area contributed by atoms with Crippen LogP contribution in [0.4, 0.5) is 5.82 Å². The summed E-state index contributed by atoms with van der Waals surface area (Å²) < 4.78 is 5.82. The van der Waals surface area contributed by atoms with Gasteiger partial charge >= 0.3 is 0 Å². The van der Waals surface area contributed by atoms with Crippen molar-refractivity contribution in [3.05, 3.63) is 71.7 Å². The highest BCUT2D eigenvalue weighted by molar-refractivity contribution is 7.13. The third-order valence-corrected chi connectivity index (χ3v) is 4.68. The maximum absolute atomic E-state index is 5.85. The molecule has 3 N–H and O–H groups in total. The van der Waals surface area contributed by atoms with Crippen LogP contribution >= 0.6 is 11.3 Å². The van der Waals surface area contributed by atoms with Crippen LogP contribution in [0.15, 0.2) is 66.2 Å². The normalized spacial score (nSPS) is 10.7. The summed E-state index contributed by atoms with van der Waals surface area (Å²) in [5.41, 5.74) is 9.78. The number of nitrogens with two attached hydrogens (primary N) is 1. The number of hydrogen-bond acceptors (Lipinski definition) is 5. The number of H-pyrrole nitrogens is 1. The number of aromatic nitrogens is 3. The molecule has 0 radical (unpaired) electrons. The first-order chi connectivity index (χ1) is 12.3. The molecule has 6 heteroatoms. The number of rotatable bonds is 5. The fraction of sp³-hybridized carbons (Fsp3) is 0.0526. The van der Waals surface area contributed by atoms with Crippen LogP contribution in [0.2, 0.25) is 0 Å². The predicted molar refractivity (Wildman–Crippen MR) is 100 cm³/mol. The lowest BCUT2D eigenvalue weighted by Crippen LogP contribution is -1.94. The SMILES string of the molecule is Nc1[nH]ncc1-c1nc(-c2ccc(OCc3ccccc3)cc2)cs1. The van der Waals surface area contributed by atoms with E-state index in [1.54, 1.807) is 17.5 Å². The van der Waals surface area contributed by atoms with Crippen molar-refractivity contribution in [3.63, 3.8) is 0 Å². The highest BCUT2D eigenvalue weighted by Gasteiger charge is 2.11. The third-order valence-electron chi connectivity index (χ3n) is 3.80. The van der Waals surface area contributed by atoms with Crippen molar-refractivity contribution in [1.82, 2.24) is 15.2 Å². The molecule has 0 aliphatic rings. The lowest BCUT2D eigenvalue weighted by Gasteiger charge is -2.06. The van der Waals surface area contributed by atoms with E-state index in [0.717, 1.165) is 33.1 Å². The molecule has 4 aromatic rings. The van der Waals surface area contributed by atoms with Crippen molar-refractivity contribution < 1.29 is 4.74 Å². The second kappa shape index (κ2) is 6.78. The zero-order valence-corrected chi connectivity index (χ0v) is 14.2. The molecule has 0 amide bonds. The van der Waals surface area contributed by atoms with Gasteiger partial charge in [0.2, 0.25) is 0 Å². The molecule has 0 fully saturated rings. The van der Waals surface area contributed by atoms with Gasteiger partial charge in [0, 0.05) is 10.9 Å². The van der Waals surface area contributed by atoms with Crippen LogP contribution in [0.25, 0.3) is 21.8 Å². The molecule has 0 aliphatic heterocycles. The van der Waals surface area contributed by atoms with Gasteiger partial charge in [0.1, 0.15) is 23.2 Å². The molecule has 2 aromatic heterocycles. The Bertz CT molecular complexity index is 961. The van der Waals surface area contributed by atoms with Crippen LogP contribution in [0.1, 0.15) is 5.56 Å². The molecule has 4 rings (SSSR count). The molecule has 0 aliphatic carbocycles. The first-order valence-corrected chi connectivity index (χ1v) is 8.69. The van der Waals surface area contributed by atoms with Gasteiger partial charge in [-0.1, -0.05) is 30.3 Å². The minimum Gasteiger partial charge on any atom is -0.489 e. The minimum atomic E-state index is 0.533. The molecule has 25 heavy (non-hydrogen) atoms. The van der Waals surface area contributed by atoms with Gasteiger partial charge in [-0.3, -0.25) is 5.10 Å². The number of ether oxygens (including phenoxy) is 1. The summed E-state index contributed by atoms with van der Waals surface area (Å²) in [5.74, 6) is 1.37. The molecule has 5 nitrogen and oxygen atoms in total. The zero-order chi connectivity index (χ0) is 17.1. The number of anilines is 1. The quantitative estimate of drug-likeness (QED) is 0.562. The Kier molecular flexibility index (Phi) is 4.18. The third kappa shape index (κ3) is 3.39. The highest BCUT2D eigenvalue weighted by Crippen LogP contribution is 2.31. The predicted octanol–water partition coefficient (Wildman–Crippen LogP) is 4.36. The van der Waals surface area contributed by atoms with Crippen LogP contribution in [0.3, 0.4) is 0 Å². The molecule has 0 bridgehead atoms. The smallest absolute Gasteiger partial charge is 0.129 e. The maximum Gasteiger partial charge on any atom is 0.129 e. The number of nitrogens with zero attached hydrogens (tertiary/aromatic N) is 2. The second-order valence-corrected chi connectivity index (χ2v) is 6.39. The summed E-state index contributed by atoms with van der Waals surface area (Å²) in [5, 5.41) is 9.53. The van der Waals surface area contributed by atoms with Gasteiger partial charge in [-0.25, -0.2) is 4.98 Å². The summed E-state index contributed by atoms with van der Waals surface area (Å²) in [4.78, 5) is 4.64. The lowest BCUT2D eigenvalue weighted by atomic mass is 10.1. The van der Waals surface area contributed by atoms with Crippen molar-refractivity contribution in [3.8, 4) is 27.6 Å². The average Bonchev–Trinajstić information content (AvgIpc) is 3.30. The monoisotopic (exact) mass is 348 g/mol. The van der Waals surface area contributed by atoms with E-state index in [1.165, 1.54) is 0 Å². The molecular weight excluding hydrogens is 332 g/mol. The average molecular weight is 348 g/mol. The number of thiazole rings is 1. The van der Waals surface area contributed by atoms with Crippen LogP contribution in [0.5, 0.6) is 5.75 Å². The van der Waals surface area contributed by atoms with E-state index in [0.29, 0.717) is 12.4 Å². The van der Waals surface area contributed by atoms with Gasteiger partial charge in [0.05, 0.1) is 17.5 Å². The topological polar surface area (TPSA) is 76.8 Å². The fourth-order valence-corrected chi connectivity index (χ4v) is 3.31. The van der Waals surface area contributed by atoms with E-state index in [2.05, 4.69) is 15.2 Å². The Labute approximate surface area is 149 Å². The Hall–Kier alpha value is -3.12. The second-order valence-electron chi connectivity index (χ2n) is 5.53.